The summed E-state index contributed by atoms with van der Waals surface area (Å²) in [6, 6.07) is 0. The summed E-state index contributed by atoms with van der Waals surface area (Å²) in [6.45, 7) is 9.39. The third-order valence-corrected chi connectivity index (χ3v) is 10.8. The molecule has 4 fully saturated rings. The molecule has 0 aromatic heterocycles. The fraction of sp³-hybridized carbons (Fsp3) is 0.962. The van der Waals surface area contributed by atoms with Gasteiger partial charge in [0.05, 0.1) is 19.3 Å². The number of ether oxygens (including phenoxy) is 1. The molecule has 0 saturated heterocycles. The van der Waals surface area contributed by atoms with Crippen molar-refractivity contribution in [3.63, 3.8) is 0 Å². The molecule has 0 bridgehead atoms. The second-order valence-electron chi connectivity index (χ2n) is 12.1. The highest BCUT2D eigenvalue weighted by Gasteiger charge is 2.65. The molecule has 4 rings (SSSR count). The third-order valence-electron chi connectivity index (χ3n) is 10.8. The maximum absolute atomic E-state index is 11.7. The molecule has 0 aromatic carbocycles. The van der Waals surface area contributed by atoms with Gasteiger partial charge in [-0.1, -0.05) is 34.1 Å². The largest absolute Gasteiger partial charge is 0.469 e. The summed E-state index contributed by atoms with van der Waals surface area (Å²) in [5.74, 6) is 3.17. The summed E-state index contributed by atoms with van der Waals surface area (Å²) in [5.41, 5.74) is 0.121. The first kappa shape index (κ1) is 22.6. The van der Waals surface area contributed by atoms with Crippen LogP contribution >= 0.6 is 0 Å². The molecule has 4 saturated carbocycles. The van der Waals surface area contributed by atoms with Gasteiger partial charge in [0.15, 0.2) is 0 Å². The van der Waals surface area contributed by atoms with Gasteiger partial charge < -0.3 is 14.9 Å². The van der Waals surface area contributed by atoms with Crippen molar-refractivity contribution in [3.8, 4) is 0 Å². The first-order valence-electron chi connectivity index (χ1n) is 12.6. The summed E-state index contributed by atoms with van der Waals surface area (Å²) in [5, 5.41) is 23.0. The molecule has 4 heteroatoms. The Bertz CT molecular complexity index is 649. The van der Waals surface area contributed by atoms with Gasteiger partial charge >= 0.3 is 5.97 Å². The molecular weight excluding hydrogens is 376 g/mol. The summed E-state index contributed by atoms with van der Waals surface area (Å²) < 4.78 is 4.85. The van der Waals surface area contributed by atoms with Crippen molar-refractivity contribution in [3.05, 3.63) is 0 Å². The number of fused-ring (bicyclic) bond motifs is 5. The van der Waals surface area contributed by atoms with Gasteiger partial charge in [-0.25, -0.2) is 0 Å². The van der Waals surface area contributed by atoms with Crippen LogP contribution in [0.4, 0.5) is 0 Å². The first-order valence-corrected chi connectivity index (χ1v) is 12.6. The van der Waals surface area contributed by atoms with E-state index < -0.39 is 0 Å². The number of rotatable bonds is 4. The monoisotopic (exact) mass is 420 g/mol. The number of hydrogen-bond acceptors (Lipinski definition) is 4. The highest BCUT2D eigenvalue weighted by molar-refractivity contribution is 5.69. The number of carbonyl (C=O) groups is 1. The Balaban J connectivity index is 1.58. The van der Waals surface area contributed by atoms with Crippen molar-refractivity contribution in [1.82, 2.24) is 0 Å². The molecule has 4 nitrogen and oxygen atoms in total. The van der Waals surface area contributed by atoms with Crippen LogP contribution in [0.5, 0.6) is 0 Å². The summed E-state index contributed by atoms with van der Waals surface area (Å²) in [6.07, 6.45) is 8.53. The molecule has 0 aromatic rings. The molecule has 0 aliphatic heterocycles. The maximum atomic E-state index is 11.7. The number of aliphatic hydroxyl groups is 2. The Hall–Kier alpha value is -0.610. The normalized spacial score (nSPS) is 51.4. The van der Waals surface area contributed by atoms with Crippen LogP contribution in [0.25, 0.3) is 0 Å². The van der Waals surface area contributed by atoms with Gasteiger partial charge in [-0.3, -0.25) is 4.79 Å². The van der Waals surface area contributed by atoms with Gasteiger partial charge in [0, 0.05) is 6.42 Å². The van der Waals surface area contributed by atoms with Crippen LogP contribution in [0, 0.1) is 52.3 Å². The minimum atomic E-state index is -0.307. The summed E-state index contributed by atoms with van der Waals surface area (Å²) in [7, 11) is 1.45. The zero-order valence-electron chi connectivity index (χ0n) is 19.8. The minimum absolute atomic E-state index is 0.140. The van der Waals surface area contributed by atoms with E-state index in [4.69, 9.17) is 4.74 Å². The van der Waals surface area contributed by atoms with Gasteiger partial charge in [0.1, 0.15) is 0 Å². The zero-order valence-corrected chi connectivity index (χ0v) is 19.8. The lowest BCUT2D eigenvalue weighted by Gasteiger charge is -2.63. The van der Waals surface area contributed by atoms with E-state index in [9.17, 15) is 15.0 Å². The van der Waals surface area contributed by atoms with Crippen LogP contribution in [-0.2, 0) is 9.53 Å². The third kappa shape index (κ3) is 3.36. The van der Waals surface area contributed by atoms with E-state index in [-0.39, 0.29) is 29.0 Å². The molecule has 0 heterocycles. The van der Waals surface area contributed by atoms with Crippen molar-refractivity contribution >= 4 is 5.97 Å². The van der Waals surface area contributed by atoms with Crippen molar-refractivity contribution in [2.45, 2.75) is 97.7 Å². The summed E-state index contributed by atoms with van der Waals surface area (Å²) >= 11 is 0. The molecule has 0 amide bonds. The number of carbonyl (C=O) groups excluding carboxylic acids is 1. The van der Waals surface area contributed by atoms with Gasteiger partial charge in [0.25, 0.3) is 0 Å². The quantitative estimate of drug-likeness (QED) is 0.640. The fourth-order valence-electron chi connectivity index (χ4n) is 9.02. The molecule has 30 heavy (non-hydrogen) atoms. The molecular formula is C26H44O4. The van der Waals surface area contributed by atoms with E-state index in [1.807, 2.05) is 0 Å². The number of hydrogen-bond donors (Lipinski definition) is 2. The molecule has 8 unspecified atom stereocenters. The van der Waals surface area contributed by atoms with Crippen LogP contribution in [0.2, 0.25) is 0 Å². The molecule has 172 valence electrons. The Labute approximate surface area is 183 Å². The molecule has 0 radical (unpaired) electrons. The molecule has 0 spiro atoms. The lowest BCUT2D eigenvalue weighted by molar-refractivity contribution is -0.203. The molecule has 11 atom stereocenters. The van der Waals surface area contributed by atoms with E-state index in [2.05, 4.69) is 27.7 Å². The van der Waals surface area contributed by atoms with Crippen LogP contribution in [0.1, 0.15) is 85.5 Å². The predicted octanol–water partition coefficient (Wildman–Crippen LogP) is 4.81. The second kappa shape index (κ2) is 8.06. The van der Waals surface area contributed by atoms with Crippen molar-refractivity contribution in [1.29, 1.82) is 0 Å². The number of aliphatic hydroxyl groups excluding tert-OH is 2. The predicted molar refractivity (Wildman–Crippen MR) is 118 cm³/mol. The Morgan fingerprint density at radius 1 is 1.10 bits per heavy atom. The van der Waals surface area contributed by atoms with Crippen molar-refractivity contribution in [2.75, 3.05) is 7.11 Å². The fourth-order valence-corrected chi connectivity index (χ4v) is 9.02. The SMILES string of the molecule is COC(=O)CCC(C)C1CCC2C3C(C[C@H](O)C12C)C1(C)CC[C@@H](C)CC1C[C@H]3O. The standard InChI is InChI=1S/C26H44O4/c1-15-10-11-25(3)17(12-15)13-21(27)24-19-8-7-18(16(2)6-9-23(29)30-5)26(19,4)22(28)14-20(24)25/h15-22,24,27-28H,6-14H2,1-5H3/t15-,16?,17?,18?,19?,20?,21-,22+,24?,25?,26?/m1/s1. The lowest BCUT2D eigenvalue weighted by Crippen LogP contribution is -2.62. The summed E-state index contributed by atoms with van der Waals surface area (Å²) in [4.78, 5) is 11.7. The van der Waals surface area contributed by atoms with Gasteiger partial charge in [-0.15, -0.1) is 0 Å². The topological polar surface area (TPSA) is 66.8 Å². The zero-order chi connectivity index (χ0) is 21.8. The molecule has 4 aliphatic carbocycles. The Kier molecular flexibility index (Phi) is 6.07. The van der Waals surface area contributed by atoms with E-state index >= 15 is 0 Å². The second-order valence-corrected chi connectivity index (χ2v) is 12.1. The van der Waals surface area contributed by atoms with E-state index in [1.54, 1.807) is 0 Å². The van der Waals surface area contributed by atoms with E-state index in [1.165, 1.54) is 26.4 Å². The lowest BCUT2D eigenvalue weighted by atomic mass is 9.42. The van der Waals surface area contributed by atoms with Crippen molar-refractivity contribution in [2.24, 2.45) is 52.3 Å². The number of methoxy groups -OCH3 is 1. The number of esters is 1. The average molecular weight is 421 g/mol. The van der Waals surface area contributed by atoms with Crippen LogP contribution in [0.15, 0.2) is 0 Å². The highest BCUT2D eigenvalue weighted by Crippen LogP contribution is 2.68. The molecule has 2 N–H and O–H groups in total. The van der Waals surface area contributed by atoms with E-state index in [0.29, 0.717) is 41.9 Å². The van der Waals surface area contributed by atoms with Gasteiger partial charge in [-0.2, -0.15) is 0 Å². The van der Waals surface area contributed by atoms with Crippen molar-refractivity contribution < 1.29 is 19.7 Å². The molecule has 4 aliphatic rings. The average Bonchev–Trinajstić information content (AvgIpc) is 3.06. The Morgan fingerprint density at radius 3 is 2.53 bits per heavy atom. The first-order chi connectivity index (χ1) is 14.1. The van der Waals surface area contributed by atoms with Gasteiger partial charge in [0.2, 0.25) is 0 Å². The van der Waals surface area contributed by atoms with Crippen LogP contribution in [0.3, 0.4) is 0 Å². The van der Waals surface area contributed by atoms with E-state index in [0.717, 1.165) is 38.0 Å². The maximum Gasteiger partial charge on any atom is 0.305 e. The minimum Gasteiger partial charge on any atom is -0.469 e. The Morgan fingerprint density at radius 2 is 1.83 bits per heavy atom. The van der Waals surface area contributed by atoms with Crippen LogP contribution < -0.4 is 0 Å². The smallest absolute Gasteiger partial charge is 0.305 e. The highest BCUT2D eigenvalue weighted by atomic mass is 16.5. The van der Waals surface area contributed by atoms with Crippen LogP contribution in [-0.4, -0.2) is 35.5 Å². The van der Waals surface area contributed by atoms with Gasteiger partial charge in [-0.05, 0) is 97.2 Å².